The summed E-state index contributed by atoms with van der Waals surface area (Å²) in [6.07, 6.45) is 21.7. The van der Waals surface area contributed by atoms with E-state index in [1.165, 1.54) is 49.6 Å². The molecule has 6 rings (SSSR count). The molecule has 9 heteroatoms. The zero-order valence-corrected chi connectivity index (χ0v) is 23.3. The van der Waals surface area contributed by atoms with Gasteiger partial charge in [-0.1, -0.05) is 19.3 Å². The Morgan fingerprint density at radius 3 is 2.39 bits per heavy atom. The van der Waals surface area contributed by atoms with E-state index in [1.807, 2.05) is 6.20 Å². The normalized spacial score (nSPS) is 21.2. The number of aliphatic hydroxyl groups is 2. The van der Waals surface area contributed by atoms with Crippen LogP contribution in [0.25, 0.3) is 20.8 Å². The molecule has 8 nitrogen and oxygen atoms in total. The molecule has 3 fully saturated rings. The summed E-state index contributed by atoms with van der Waals surface area (Å²) in [6.45, 7) is 2.34. The average Bonchev–Trinajstić information content (AvgIpc) is 3.55. The van der Waals surface area contributed by atoms with Gasteiger partial charge in [-0.2, -0.15) is 4.98 Å². The van der Waals surface area contributed by atoms with Crippen LogP contribution < -0.4 is 10.6 Å². The number of terminal acetylenes is 1. The molecule has 0 aromatic carbocycles. The molecular weight excluding hydrogens is 496 g/mol. The fraction of sp³-hybridized carbons (Fsp3) is 0.586. The lowest BCUT2D eigenvalue weighted by Crippen LogP contribution is -2.25. The number of aliphatic hydroxyl groups excluding tert-OH is 2. The second-order valence-electron chi connectivity index (χ2n) is 10.4. The number of aryl methyl sites for hydroxylation is 1. The number of nitrogens with one attached hydrogen (secondary N) is 2. The molecule has 0 aliphatic heterocycles. The molecule has 38 heavy (non-hydrogen) atoms. The molecule has 0 unspecified atom stereocenters. The lowest BCUT2D eigenvalue weighted by atomic mass is 9.96. The first-order chi connectivity index (χ1) is 18.7. The van der Waals surface area contributed by atoms with Crippen LogP contribution in [0.1, 0.15) is 81.5 Å². The van der Waals surface area contributed by atoms with Gasteiger partial charge >= 0.3 is 0 Å². The van der Waals surface area contributed by atoms with Gasteiger partial charge in [0.1, 0.15) is 16.3 Å². The zero-order chi connectivity index (χ0) is 27.1. The van der Waals surface area contributed by atoms with Crippen LogP contribution in [0.15, 0.2) is 12.3 Å². The fourth-order valence-corrected chi connectivity index (χ4v) is 6.70. The van der Waals surface area contributed by atoms with Gasteiger partial charge in [0.05, 0.1) is 21.7 Å². The first kappa shape index (κ1) is 28.2. The summed E-state index contributed by atoms with van der Waals surface area (Å²) in [7, 11) is 1.00. The maximum atomic E-state index is 9.63. The Bertz CT molecular complexity index is 1220. The highest BCUT2D eigenvalue weighted by Gasteiger charge is 2.30. The molecule has 2 atom stereocenters. The molecule has 3 heterocycles. The second-order valence-corrected chi connectivity index (χ2v) is 11.4. The molecule has 204 valence electrons. The van der Waals surface area contributed by atoms with Gasteiger partial charge in [0.25, 0.3) is 0 Å². The highest BCUT2D eigenvalue weighted by Crippen LogP contribution is 2.44. The second kappa shape index (κ2) is 13.3. The van der Waals surface area contributed by atoms with E-state index in [0.717, 1.165) is 59.7 Å². The number of pyridine rings is 1. The number of aromatic nitrogens is 4. The summed E-state index contributed by atoms with van der Waals surface area (Å²) >= 11 is 1.71. The van der Waals surface area contributed by atoms with Crippen LogP contribution in [0.5, 0.6) is 0 Å². The third-order valence-electron chi connectivity index (χ3n) is 7.68. The maximum absolute atomic E-state index is 9.63. The zero-order valence-electron chi connectivity index (χ0n) is 22.5. The molecular formula is C29H40N6O2S. The molecule has 0 radical (unpaired) electrons. The van der Waals surface area contributed by atoms with Crippen molar-refractivity contribution in [1.29, 1.82) is 0 Å². The summed E-state index contributed by atoms with van der Waals surface area (Å²) in [6, 6.07) is 2.84. The highest BCUT2D eigenvalue weighted by molar-refractivity contribution is 7.21. The van der Waals surface area contributed by atoms with Gasteiger partial charge in [0, 0.05) is 37.9 Å². The molecule has 3 aliphatic rings. The van der Waals surface area contributed by atoms with Crippen molar-refractivity contribution in [2.24, 2.45) is 5.92 Å². The van der Waals surface area contributed by atoms with Crippen LogP contribution in [0.2, 0.25) is 0 Å². The van der Waals surface area contributed by atoms with Crippen LogP contribution in [-0.2, 0) is 0 Å². The quantitative estimate of drug-likeness (QED) is 0.292. The first-order valence-corrected chi connectivity index (χ1v) is 14.6. The molecule has 0 amide bonds. The third kappa shape index (κ3) is 6.42. The summed E-state index contributed by atoms with van der Waals surface area (Å²) < 4.78 is 1.18. The predicted molar refractivity (Wildman–Crippen MR) is 156 cm³/mol. The largest absolute Gasteiger partial charge is 0.400 e. The van der Waals surface area contributed by atoms with Crippen molar-refractivity contribution in [3.8, 4) is 23.4 Å². The Labute approximate surface area is 229 Å². The Hall–Kier alpha value is -2.80. The number of nitrogens with zero attached hydrogens (tertiary/aromatic N) is 4. The number of rotatable bonds is 7. The Balaban J connectivity index is 0.000000804. The van der Waals surface area contributed by atoms with E-state index in [4.69, 9.17) is 20.1 Å². The number of fused-ring (bicyclic) bond motifs is 1. The minimum absolute atomic E-state index is 0.261. The standard InChI is InChI=1S/C26H34N6OS.C2H2.CH4O/c1-15-21(25-31-23-20(34-25)11-12-27-22(23)17-8-9-17)24(29-19-10-7-16(13-19)14-33)32-26(28-15)30-18-5-3-2-4-6-18;2*1-2/h11-12,16-19,33H,2-10,13-14H2,1H3,(H2,28,29,30,32);1-2H;2H,1H3/t16-,19+;;/m1../s1. The third-order valence-corrected chi connectivity index (χ3v) is 8.72. The maximum Gasteiger partial charge on any atom is 0.225 e. The number of thiazole rings is 1. The van der Waals surface area contributed by atoms with Crippen molar-refractivity contribution in [3.63, 3.8) is 0 Å². The molecule has 3 aliphatic carbocycles. The highest BCUT2D eigenvalue weighted by atomic mass is 32.1. The van der Waals surface area contributed by atoms with Gasteiger partial charge in [0.15, 0.2) is 0 Å². The lowest BCUT2D eigenvalue weighted by molar-refractivity contribution is 0.229. The first-order valence-electron chi connectivity index (χ1n) is 13.7. The van der Waals surface area contributed by atoms with Crippen molar-refractivity contribution in [3.05, 3.63) is 23.7 Å². The van der Waals surface area contributed by atoms with Gasteiger partial charge in [0.2, 0.25) is 5.95 Å². The Kier molecular flexibility index (Phi) is 9.89. The van der Waals surface area contributed by atoms with Crippen molar-refractivity contribution in [2.45, 2.75) is 89.1 Å². The van der Waals surface area contributed by atoms with E-state index in [0.29, 0.717) is 29.9 Å². The van der Waals surface area contributed by atoms with E-state index in [1.54, 1.807) is 11.3 Å². The van der Waals surface area contributed by atoms with Crippen molar-refractivity contribution in [1.82, 2.24) is 19.9 Å². The minimum Gasteiger partial charge on any atom is -0.400 e. The van der Waals surface area contributed by atoms with Gasteiger partial charge in [-0.25, -0.2) is 9.97 Å². The monoisotopic (exact) mass is 536 g/mol. The van der Waals surface area contributed by atoms with Crippen molar-refractivity contribution < 1.29 is 10.2 Å². The van der Waals surface area contributed by atoms with Crippen LogP contribution >= 0.6 is 11.3 Å². The van der Waals surface area contributed by atoms with Crippen LogP contribution in [0.3, 0.4) is 0 Å². The average molecular weight is 537 g/mol. The molecule has 3 aromatic heterocycles. The number of hydrogen-bond donors (Lipinski definition) is 4. The van der Waals surface area contributed by atoms with Crippen LogP contribution in [0, 0.1) is 25.7 Å². The van der Waals surface area contributed by atoms with Crippen molar-refractivity contribution in [2.75, 3.05) is 24.4 Å². The Morgan fingerprint density at radius 1 is 0.947 bits per heavy atom. The summed E-state index contributed by atoms with van der Waals surface area (Å²) in [4.78, 5) is 19.7. The topological polar surface area (TPSA) is 116 Å². The molecule has 4 N–H and O–H groups in total. The molecule has 3 saturated carbocycles. The van der Waals surface area contributed by atoms with E-state index in [2.05, 4.69) is 41.5 Å². The smallest absolute Gasteiger partial charge is 0.225 e. The van der Waals surface area contributed by atoms with E-state index < -0.39 is 0 Å². The Morgan fingerprint density at radius 2 is 1.71 bits per heavy atom. The fourth-order valence-electron chi connectivity index (χ4n) is 5.63. The molecule has 0 spiro atoms. The van der Waals surface area contributed by atoms with Gasteiger partial charge in [-0.05, 0) is 63.9 Å². The summed E-state index contributed by atoms with van der Waals surface area (Å²) in [5.74, 6) is 2.52. The van der Waals surface area contributed by atoms with E-state index >= 15 is 0 Å². The summed E-state index contributed by atoms with van der Waals surface area (Å²) in [5.41, 5.74) is 4.14. The SMILES string of the molecule is C#C.CO.Cc1nc(NC2CCCCC2)nc(N[C@H]2CC[C@@H](CO)C2)c1-c1nc2c(C3CC3)nccc2s1. The van der Waals surface area contributed by atoms with Crippen molar-refractivity contribution >= 4 is 33.3 Å². The van der Waals surface area contributed by atoms with Gasteiger partial charge < -0.3 is 20.8 Å². The van der Waals surface area contributed by atoms with Crippen LogP contribution in [-0.4, -0.2) is 55.9 Å². The lowest BCUT2D eigenvalue weighted by Gasteiger charge is -2.24. The van der Waals surface area contributed by atoms with Gasteiger partial charge in [-0.3, -0.25) is 4.98 Å². The van der Waals surface area contributed by atoms with E-state index in [-0.39, 0.29) is 6.61 Å². The molecule has 3 aromatic rings. The molecule has 0 saturated heterocycles. The minimum atomic E-state index is 0.261. The summed E-state index contributed by atoms with van der Waals surface area (Å²) in [5, 5.41) is 24.9. The predicted octanol–water partition coefficient (Wildman–Crippen LogP) is 5.51. The van der Waals surface area contributed by atoms with E-state index in [9.17, 15) is 5.11 Å². The van der Waals surface area contributed by atoms with Crippen LogP contribution in [0.4, 0.5) is 11.8 Å². The number of hydrogen-bond acceptors (Lipinski definition) is 9. The van der Waals surface area contributed by atoms with Gasteiger partial charge in [-0.15, -0.1) is 24.2 Å². The number of anilines is 2. The molecule has 0 bridgehead atoms.